The van der Waals surface area contributed by atoms with Crippen molar-refractivity contribution in [2.24, 2.45) is 16.6 Å². The molecule has 0 radical (unpaired) electrons. The van der Waals surface area contributed by atoms with Crippen LogP contribution >= 0.6 is 0 Å². The average molecular weight is 188 g/mol. The molecule has 76 valence electrons. The first-order chi connectivity index (χ1) is 6.08. The van der Waals surface area contributed by atoms with Crippen molar-refractivity contribution in [3.8, 4) is 0 Å². The summed E-state index contributed by atoms with van der Waals surface area (Å²) in [6, 6.07) is 0. The van der Waals surface area contributed by atoms with E-state index in [4.69, 9.17) is 16.3 Å². The van der Waals surface area contributed by atoms with Crippen molar-refractivity contribution < 1.29 is 9.84 Å². The fraction of sp³-hybridized carbons (Fsp3) is 0.857. The molecule has 0 aromatic heterocycles. The second-order valence-corrected chi connectivity index (χ2v) is 3.21. The van der Waals surface area contributed by atoms with Gasteiger partial charge in [-0.2, -0.15) is 0 Å². The Morgan fingerprint density at radius 3 is 3.00 bits per heavy atom. The summed E-state index contributed by atoms with van der Waals surface area (Å²) >= 11 is 0. The summed E-state index contributed by atoms with van der Waals surface area (Å²) in [5.41, 5.74) is 6.61. The highest BCUT2D eigenvalue weighted by atomic mass is 16.5. The molecule has 1 aliphatic rings. The van der Waals surface area contributed by atoms with Crippen molar-refractivity contribution in [2.75, 3.05) is 13.2 Å². The van der Waals surface area contributed by atoms with E-state index in [2.05, 4.69) is 10.4 Å². The van der Waals surface area contributed by atoms with Crippen LogP contribution in [0.4, 0.5) is 0 Å². The molecule has 0 spiro atoms. The molecule has 0 saturated carbocycles. The van der Waals surface area contributed by atoms with Crippen molar-refractivity contribution in [1.29, 1.82) is 0 Å². The van der Waals surface area contributed by atoms with Crippen molar-refractivity contribution in [1.82, 2.24) is 5.43 Å². The Kier molecular flexibility index (Phi) is 3.07. The van der Waals surface area contributed by atoms with Crippen LogP contribution in [0.15, 0.2) is 4.99 Å². The Labute approximate surface area is 76.9 Å². The quantitative estimate of drug-likeness (QED) is 0.179. The Hall–Kier alpha value is -0.850. The highest BCUT2D eigenvalue weighted by Gasteiger charge is 2.39. The van der Waals surface area contributed by atoms with Crippen LogP contribution < -0.4 is 17.0 Å². The second-order valence-electron chi connectivity index (χ2n) is 3.21. The second kappa shape index (κ2) is 3.91. The summed E-state index contributed by atoms with van der Waals surface area (Å²) < 4.78 is 5.22. The molecule has 13 heavy (non-hydrogen) atoms. The lowest BCUT2D eigenvalue weighted by Crippen LogP contribution is -2.42. The van der Waals surface area contributed by atoms with Gasteiger partial charge in [0, 0.05) is 13.0 Å². The van der Waals surface area contributed by atoms with Gasteiger partial charge in [-0.15, -0.1) is 0 Å². The fourth-order valence-corrected chi connectivity index (χ4v) is 1.25. The third-order valence-electron chi connectivity index (χ3n) is 2.33. The summed E-state index contributed by atoms with van der Waals surface area (Å²) in [6.45, 7) is 2.59. The maximum Gasteiger partial charge on any atom is 0.203 e. The number of hydrogen-bond donors (Lipinski definition) is 4. The predicted molar refractivity (Wildman–Crippen MR) is 48.8 cm³/mol. The summed E-state index contributed by atoms with van der Waals surface area (Å²) in [4.78, 5) is 3.88. The van der Waals surface area contributed by atoms with Gasteiger partial charge in [0.2, 0.25) is 5.96 Å². The number of nitrogens with zero attached hydrogens (tertiary/aromatic N) is 1. The number of aliphatic hydroxyl groups is 1. The van der Waals surface area contributed by atoms with Crippen molar-refractivity contribution in [3.63, 3.8) is 0 Å². The molecule has 0 aromatic carbocycles. The summed E-state index contributed by atoms with van der Waals surface area (Å²) in [7, 11) is 0. The summed E-state index contributed by atoms with van der Waals surface area (Å²) in [6.07, 6.45) is 0.372. The third-order valence-corrected chi connectivity index (χ3v) is 2.33. The number of aliphatic imine (C=N–C) groups is 1. The molecule has 1 aliphatic heterocycles. The van der Waals surface area contributed by atoms with Gasteiger partial charge in [0.1, 0.15) is 5.60 Å². The van der Waals surface area contributed by atoms with Crippen molar-refractivity contribution in [3.05, 3.63) is 0 Å². The Morgan fingerprint density at radius 2 is 2.54 bits per heavy atom. The SMILES string of the molecule is CC1OCCC1(O)CN=C(N)NN. The lowest BCUT2D eigenvalue weighted by molar-refractivity contribution is -0.0201. The number of hydrazine groups is 1. The van der Waals surface area contributed by atoms with E-state index < -0.39 is 5.60 Å². The number of hydrogen-bond acceptors (Lipinski definition) is 4. The van der Waals surface area contributed by atoms with Crippen LogP contribution in [0.2, 0.25) is 0 Å². The maximum atomic E-state index is 9.95. The molecule has 6 heteroatoms. The molecular formula is C7H16N4O2. The van der Waals surface area contributed by atoms with E-state index in [1.807, 2.05) is 6.92 Å². The lowest BCUT2D eigenvalue weighted by Gasteiger charge is -2.23. The number of guanidine groups is 1. The molecule has 1 rings (SSSR count). The first kappa shape index (κ1) is 10.2. The van der Waals surface area contributed by atoms with Gasteiger partial charge < -0.3 is 15.6 Å². The van der Waals surface area contributed by atoms with Gasteiger partial charge in [-0.1, -0.05) is 0 Å². The summed E-state index contributed by atoms with van der Waals surface area (Å²) in [5, 5.41) is 9.95. The van der Waals surface area contributed by atoms with Gasteiger partial charge >= 0.3 is 0 Å². The topological polar surface area (TPSA) is 106 Å². The number of nitrogens with two attached hydrogens (primary N) is 2. The van der Waals surface area contributed by atoms with Gasteiger partial charge in [0.25, 0.3) is 0 Å². The third kappa shape index (κ3) is 2.30. The van der Waals surface area contributed by atoms with Crippen LogP contribution in [0.5, 0.6) is 0 Å². The van der Waals surface area contributed by atoms with Crippen LogP contribution in [-0.4, -0.2) is 35.9 Å². The minimum absolute atomic E-state index is 0.118. The molecule has 6 N–H and O–H groups in total. The summed E-state index contributed by atoms with van der Waals surface area (Å²) in [5.74, 6) is 5.13. The average Bonchev–Trinajstić information content (AvgIpc) is 2.44. The van der Waals surface area contributed by atoms with Gasteiger partial charge in [0.05, 0.1) is 12.6 Å². The van der Waals surface area contributed by atoms with E-state index in [-0.39, 0.29) is 18.6 Å². The number of nitrogens with one attached hydrogen (secondary N) is 1. The van der Waals surface area contributed by atoms with Crippen LogP contribution in [0, 0.1) is 0 Å². The van der Waals surface area contributed by atoms with E-state index in [9.17, 15) is 5.11 Å². The predicted octanol–water partition coefficient (Wildman–Crippen LogP) is -1.70. The molecule has 0 bridgehead atoms. The molecule has 0 aromatic rings. The minimum Gasteiger partial charge on any atom is -0.385 e. The molecule has 1 heterocycles. The highest BCUT2D eigenvalue weighted by Crippen LogP contribution is 2.25. The molecule has 1 saturated heterocycles. The van der Waals surface area contributed by atoms with Crippen LogP contribution in [0.1, 0.15) is 13.3 Å². The van der Waals surface area contributed by atoms with Crippen molar-refractivity contribution in [2.45, 2.75) is 25.0 Å². The van der Waals surface area contributed by atoms with E-state index in [0.29, 0.717) is 13.0 Å². The highest BCUT2D eigenvalue weighted by molar-refractivity contribution is 5.77. The van der Waals surface area contributed by atoms with E-state index in [0.717, 1.165) is 0 Å². The molecule has 6 nitrogen and oxygen atoms in total. The first-order valence-corrected chi connectivity index (χ1v) is 4.19. The number of rotatable bonds is 2. The van der Waals surface area contributed by atoms with E-state index >= 15 is 0 Å². The number of ether oxygens (including phenoxy) is 1. The molecular weight excluding hydrogens is 172 g/mol. The largest absolute Gasteiger partial charge is 0.385 e. The zero-order chi connectivity index (χ0) is 9.90. The molecule has 0 amide bonds. The van der Waals surface area contributed by atoms with Crippen molar-refractivity contribution >= 4 is 5.96 Å². The zero-order valence-corrected chi connectivity index (χ0v) is 7.66. The molecule has 2 unspecified atom stereocenters. The standard InChI is InChI=1S/C7H16N4O2/c1-5-7(12,2-3-13-5)4-10-6(8)11-9/h5,12H,2-4,9H2,1H3,(H3,8,10,11). The Bertz CT molecular complexity index is 209. The minimum atomic E-state index is -0.901. The molecule has 0 aliphatic carbocycles. The Morgan fingerprint density at radius 1 is 1.85 bits per heavy atom. The maximum absolute atomic E-state index is 9.95. The van der Waals surface area contributed by atoms with E-state index in [1.54, 1.807) is 0 Å². The lowest BCUT2D eigenvalue weighted by atomic mass is 9.97. The normalized spacial score (nSPS) is 35.0. The molecule has 2 atom stereocenters. The fourth-order valence-electron chi connectivity index (χ4n) is 1.25. The van der Waals surface area contributed by atoms with Gasteiger partial charge in [-0.3, -0.25) is 5.43 Å². The Balaban J connectivity index is 2.52. The van der Waals surface area contributed by atoms with Crippen LogP contribution in [0.25, 0.3) is 0 Å². The van der Waals surface area contributed by atoms with Crippen LogP contribution in [-0.2, 0) is 4.74 Å². The van der Waals surface area contributed by atoms with Gasteiger partial charge in [0.15, 0.2) is 0 Å². The smallest absolute Gasteiger partial charge is 0.203 e. The molecule has 1 fully saturated rings. The first-order valence-electron chi connectivity index (χ1n) is 4.19. The van der Waals surface area contributed by atoms with E-state index in [1.165, 1.54) is 0 Å². The van der Waals surface area contributed by atoms with Crippen LogP contribution in [0.3, 0.4) is 0 Å². The van der Waals surface area contributed by atoms with Gasteiger partial charge in [-0.05, 0) is 6.92 Å². The zero-order valence-electron chi connectivity index (χ0n) is 7.66. The van der Waals surface area contributed by atoms with Gasteiger partial charge in [-0.25, -0.2) is 10.8 Å². The monoisotopic (exact) mass is 188 g/mol.